The van der Waals surface area contributed by atoms with Crippen LogP contribution in [0.3, 0.4) is 0 Å². The number of rotatable bonds is 1. The van der Waals surface area contributed by atoms with E-state index in [9.17, 15) is 22.8 Å². The third-order valence-electron chi connectivity index (χ3n) is 3.07. The molecule has 106 valence electrons. The lowest BCUT2D eigenvalue weighted by Crippen LogP contribution is -2.32. The summed E-state index contributed by atoms with van der Waals surface area (Å²) >= 11 is 0. The molecule has 2 aromatic rings. The van der Waals surface area contributed by atoms with Crippen molar-refractivity contribution in [3.05, 3.63) is 61.9 Å². The topological polar surface area (TPSA) is 54.9 Å². The van der Waals surface area contributed by atoms with E-state index in [0.29, 0.717) is 5.69 Å². The van der Waals surface area contributed by atoms with Crippen LogP contribution in [0.5, 0.6) is 0 Å². The highest BCUT2D eigenvalue weighted by atomic mass is 19.4. The lowest BCUT2D eigenvalue weighted by molar-refractivity contribution is -0.137. The molecule has 1 aromatic carbocycles. The molecule has 0 saturated carbocycles. The van der Waals surface area contributed by atoms with Gasteiger partial charge in [-0.05, 0) is 32.0 Å². The highest BCUT2D eigenvalue weighted by molar-refractivity contribution is 5.39. The Morgan fingerprint density at radius 3 is 2.40 bits per heavy atom. The average molecular weight is 284 g/mol. The first-order chi connectivity index (χ1) is 9.21. The lowest BCUT2D eigenvalue weighted by Gasteiger charge is -2.13. The van der Waals surface area contributed by atoms with E-state index in [2.05, 4.69) is 4.98 Å². The van der Waals surface area contributed by atoms with Gasteiger partial charge in [0.15, 0.2) is 0 Å². The summed E-state index contributed by atoms with van der Waals surface area (Å²) < 4.78 is 39.1. The van der Waals surface area contributed by atoms with E-state index in [1.807, 2.05) is 0 Å². The number of aromatic nitrogens is 2. The summed E-state index contributed by atoms with van der Waals surface area (Å²) in [4.78, 5) is 25.3. The number of hydrogen-bond donors (Lipinski definition) is 1. The lowest BCUT2D eigenvalue weighted by atomic mass is 10.1. The zero-order valence-electron chi connectivity index (χ0n) is 10.7. The monoisotopic (exact) mass is 284 g/mol. The molecule has 4 nitrogen and oxygen atoms in total. The van der Waals surface area contributed by atoms with Gasteiger partial charge in [0, 0.05) is 11.3 Å². The molecule has 0 spiro atoms. The van der Waals surface area contributed by atoms with Gasteiger partial charge >= 0.3 is 11.9 Å². The Hall–Kier alpha value is -2.31. The molecule has 0 amide bonds. The van der Waals surface area contributed by atoms with Crippen molar-refractivity contribution in [3.8, 4) is 5.69 Å². The fourth-order valence-electron chi connectivity index (χ4n) is 1.86. The van der Waals surface area contributed by atoms with E-state index in [0.717, 1.165) is 16.7 Å². The third kappa shape index (κ3) is 2.38. The van der Waals surface area contributed by atoms with Crippen LogP contribution in [0, 0.1) is 13.8 Å². The maximum absolute atomic E-state index is 12.7. The minimum absolute atomic E-state index is 0.0571. The molecule has 0 aliphatic rings. The standard InChI is InChI=1S/C13H11F3N2O2/c1-7-8(2)18(12(20)17-11(7)19)10-5-3-4-9(6-10)13(14,15)16/h3-6H,1-2H3,(H,17,19,20). The molecule has 0 fully saturated rings. The zero-order valence-corrected chi connectivity index (χ0v) is 10.7. The van der Waals surface area contributed by atoms with Gasteiger partial charge in [-0.15, -0.1) is 0 Å². The highest BCUT2D eigenvalue weighted by Crippen LogP contribution is 2.30. The first-order valence-electron chi connectivity index (χ1n) is 5.72. The fraction of sp³-hybridized carbons (Fsp3) is 0.231. The summed E-state index contributed by atoms with van der Waals surface area (Å²) in [7, 11) is 0. The summed E-state index contributed by atoms with van der Waals surface area (Å²) in [5.74, 6) is 0. The van der Waals surface area contributed by atoms with Gasteiger partial charge in [0.2, 0.25) is 0 Å². The highest BCUT2D eigenvalue weighted by Gasteiger charge is 2.30. The minimum Gasteiger partial charge on any atom is -0.273 e. The van der Waals surface area contributed by atoms with Gasteiger partial charge in [-0.3, -0.25) is 14.3 Å². The maximum atomic E-state index is 12.7. The summed E-state index contributed by atoms with van der Waals surface area (Å²) in [6.45, 7) is 3.00. The Morgan fingerprint density at radius 1 is 1.15 bits per heavy atom. The quantitative estimate of drug-likeness (QED) is 0.872. The van der Waals surface area contributed by atoms with Crippen LogP contribution < -0.4 is 11.2 Å². The summed E-state index contributed by atoms with van der Waals surface area (Å²) in [5, 5.41) is 0. The van der Waals surface area contributed by atoms with Crippen molar-refractivity contribution in [1.29, 1.82) is 0 Å². The predicted molar refractivity (Wildman–Crippen MR) is 67.1 cm³/mol. The van der Waals surface area contributed by atoms with Gasteiger partial charge in [0.25, 0.3) is 5.56 Å². The number of nitrogens with one attached hydrogen (secondary N) is 1. The van der Waals surface area contributed by atoms with E-state index < -0.39 is 23.0 Å². The molecular formula is C13H11F3N2O2. The van der Waals surface area contributed by atoms with Gasteiger partial charge in [-0.2, -0.15) is 13.2 Å². The SMILES string of the molecule is Cc1c(C)n(-c2cccc(C(F)(F)F)c2)c(=O)[nH]c1=O. The number of H-pyrrole nitrogens is 1. The van der Waals surface area contributed by atoms with Crippen molar-refractivity contribution >= 4 is 0 Å². The normalized spacial score (nSPS) is 11.7. The second-order valence-electron chi connectivity index (χ2n) is 4.35. The van der Waals surface area contributed by atoms with Crippen LogP contribution in [0.25, 0.3) is 5.69 Å². The molecule has 1 heterocycles. The van der Waals surface area contributed by atoms with E-state index >= 15 is 0 Å². The van der Waals surface area contributed by atoms with Gasteiger partial charge in [0.1, 0.15) is 0 Å². The summed E-state index contributed by atoms with van der Waals surface area (Å²) in [6.07, 6.45) is -4.50. The van der Waals surface area contributed by atoms with Crippen molar-refractivity contribution in [1.82, 2.24) is 9.55 Å². The van der Waals surface area contributed by atoms with Crippen LogP contribution in [0.1, 0.15) is 16.8 Å². The molecule has 7 heteroatoms. The van der Waals surface area contributed by atoms with Crippen molar-refractivity contribution < 1.29 is 13.2 Å². The van der Waals surface area contributed by atoms with E-state index in [1.54, 1.807) is 0 Å². The first-order valence-corrected chi connectivity index (χ1v) is 5.72. The molecular weight excluding hydrogens is 273 g/mol. The van der Waals surface area contributed by atoms with Gasteiger partial charge in [-0.25, -0.2) is 4.79 Å². The van der Waals surface area contributed by atoms with Gasteiger partial charge in [0.05, 0.1) is 11.3 Å². The van der Waals surface area contributed by atoms with E-state index in [1.165, 1.54) is 26.0 Å². The molecule has 0 unspecified atom stereocenters. The molecule has 0 saturated heterocycles. The first kappa shape index (κ1) is 14.1. The Bertz CT molecular complexity index is 772. The summed E-state index contributed by atoms with van der Waals surface area (Å²) in [6, 6.07) is 4.38. The zero-order chi connectivity index (χ0) is 15.1. The molecule has 1 aromatic heterocycles. The second kappa shape index (κ2) is 4.66. The molecule has 0 bridgehead atoms. The fourth-order valence-corrected chi connectivity index (χ4v) is 1.86. The average Bonchev–Trinajstić information content (AvgIpc) is 2.35. The molecule has 2 rings (SSSR count). The number of hydrogen-bond acceptors (Lipinski definition) is 2. The van der Waals surface area contributed by atoms with Crippen LogP contribution in [0.2, 0.25) is 0 Å². The molecule has 0 aliphatic heterocycles. The number of halogens is 3. The molecule has 20 heavy (non-hydrogen) atoms. The van der Waals surface area contributed by atoms with Crippen molar-refractivity contribution in [2.24, 2.45) is 0 Å². The number of nitrogens with zero attached hydrogens (tertiary/aromatic N) is 1. The van der Waals surface area contributed by atoms with Crippen LogP contribution >= 0.6 is 0 Å². The molecule has 0 atom stereocenters. The molecule has 1 N–H and O–H groups in total. The van der Waals surface area contributed by atoms with Crippen LogP contribution in [-0.2, 0) is 6.18 Å². The van der Waals surface area contributed by atoms with E-state index in [-0.39, 0.29) is 11.3 Å². The number of benzene rings is 1. The largest absolute Gasteiger partial charge is 0.416 e. The second-order valence-corrected chi connectivity index (χ2v) is 4.35. The minimum atomic E-state index is -4.50. The summed E-state index contributed by atoms with van der Waals surface area (Å²) in [5.41, 5.74) is -1.53. The predicted octanol–water partition coefficient (Wildman–Crippen LogP) is 2.16. The van der Waals surface area contributed by atoms with Gasteiger partial charge < -0.3 is 0 Å². The smallest absolute Gasteiger partial charge is 0.273 e. The Morgan fingerprint density at radius 2 is 1.80 bits per heavy atom. The van der Waals surface area contributed by atoms with Crippen molar-refractivity contribution in [3.63, 3.8) is 0 Å². The van der Waals surface area contributed by atoms with Gasteiger partial charge in [-0.1, -0.05) is 6.07 Å². The van der Waals surface area contributed by atoms with Crippen molar-refractivity contribution in [2.45, 2.75) is 20.0 Å². The Labute approximate surface area is 111 Å². The van der Waals surface area contributed by atoms with Crippen LogP contribution in [-0.4, -0.2) is 9.55 Å². The van der Waals surface area contributed by atoms with E-state index in [4.69, 9.17) is 0 Å². The van der Waals surface area contributed by atoms with Crippen LogP contribution in [0.15, 0.2) is 33.9 Å². The molecule has 0 aliphatic carbocycles. The molecule has 0 radical (unpaired) electrons. The third-order valence-corrected chi connectivity index (χ3v) is 3.07. The van der Waals surface area contributed by atoms with Crippen LogP contribution in [0.4, 0.5) is 13.2 Å². The maximum Gasteiger partial charge on any atom is 0.416 e. The number of alkyl halides is 3. The number of aromatic amines is 1. The Kier molecular flexibility index (Phi) is 3.29. The Balaban J connectivity index is 2.73. The van der Waals surface area contributed by atoms with Crippen molar-refractivity contribution in [2.75, 3.05) is 0 Å².